The van der Waals surface area contributed by atoms with Crippen molar-refractivity contribution in [2.45, 2.75) is 19.4 Å². The van der Waals surface area contributed by atoms with Gasteiger partial charge in [0.15, 0.2) is 0 Å². The summed E-state index contributed by atoms with van der Waals surface area (Å²) in [5, 5.41) is 10.1. The van der Waals surface area contributed by atoms with Crippen LogP contribution in [0.5, 0.6) is 0 Å². The zero-order valence-corrected chi connectivity index (χ0v) is 10.4. The maximum atomic E-state index is 11.2. The van der Waals surface area contributed by atoms with Gasteiger partial charge in [0.1, 0.15) is 6.04 Å². The number of carboxylic acids is 1. The summed E-state index contributed by atoms with van der Waals surface area (Å²) in [7, 11) is 0. The highest BCUT2D eigenvalue weighted by Crippen LogP contribution is 2.18. The number of rotatable bonds is 5. The molecule has 0 saturated heterocycles. The van der Waals surface area contributed by atoms with Crippen LogP contribution < -0.4 is 10.9 Å². The van der Waals surface area contributed by atoms with Gasteiger partial charge in [-0.05, 0) is 11.6 Å². The first-order chi connectivity index (χ1) is 9.08. The van der Waals surface area contributed by atoms with E-state index >= 15 is 0 Å². The molecule has 0 aliphatic heterocycles. The van der Waals surface area contributed by atoms with Gasteiger partial charge in [-0.1, -0.05) is 18.2 Å². The van der Waals surface area contributed by atoms with Crippen LogP contribution in [0.15, 0.2) is 30.5 Å². The number of carbonyl (C=O) groups is 2. The molecule has 19 heavy (non-hydrogen) atoms. The molecule has 0 unspecified atom stereocenters. The topological polar surface area (TPSA) is 94.2 Å². The van der Waals surface area contributed by atoms with Crippen LogP contribution in [0, 0.1) is 0 Å². The Morgan fingerprint density at radius 2 is 2.11 bits per heavy atom. The summed E-state index contributed by atoms with van der Waals surface area (Å²) in [6.45, 7) is 1.32. The molecular weight excluding hydrogens is 246 g/mol. The number of benzene rings is 1. The molecule has 6 nitrogen and oxygen atoms in total. The van der Waals surface area contributed by atoms with Crippen LogP contribution in [0.2, 0.25) is 0 Å². The Kier molecular flexibility index (Phi) is 3.82. The summed E-state index contributed by atoms with van der Waals surface area (Å²) in [5.41, 5.74) is 6.67. The molecule has 2 aromatic rings. The molecule has 1 aromatic heterocycles. The van der Waals surface area contributed by atoms with Crippen LogP contribution in [0.1, 0.15) is 12.5 Å². The average molecular weight is 261 g/mol. The van der Waals surface area contributed by atoms with E-state index in [0.717, 1.165) is 16.5 Å². The maximum absolute atomic E-state index is 11.2. The first kappa shape index (κ1) is 13.1. The number of fused-ring (bicyclic) bond motifs is 1. The number of hydrogen-bond donors (Lipinski definition) is 4. The van der Waals surface area contributed by atoms with E-state index in [1.807, 2.05) is 24.3 Å². The lowest BCUT2D eigenvalue weighted by Crippen LogP contribution is -2.48. The van der Waals surface area contributed by atoms with Crippen molar-refractivity contribution in [3.8, 4) is 0 Å². The summed E-state index contributed by atoms with van der Waals surface area (Å²) < 4.78 is 0. The van der Waals surface area contributed by atoms with E-state index in [1.165, 1.54) is 6.92 Å². The van der Waals surface area contributed by atoms with Crippen molar-refractivity contribution in [3.63, 3.8) is 0 Å². The van der Waals surface area contributed by atoms with E-state index < -0.39 is 12.0 Å². The number of para-hydroxylation sites is 1. The van der Waals surface area contributed by atoms with Crippen LogP contribution in [-0.2, 0) is 16.0 Å². The summed E-state index contributed by atoms with van der Waals surface area (Å²) in [6.07, 6.45) is 2.07. The molecule has 1 aromatic carbocycles. The molecule has 0 bridgehead atoms. The molecule has 0 fully saturated rings. The largest absolute Gasteiger partial charge is 0.480 e. The number of nitrogens with one attached hydrogen (secondary N) is 3. The molecule has 0 aliphatic carbocycles. The zero-order chi connectivity index (χ0) is 13.8. The van der Waals surface area contributed by atoms with Crippen molar-refractivity contribution in [1.82, 2.24) is 15.8 Å². The smallest absolute Gasteiger partial charge is 0.322 e. The second kappa shape index (κ2) is 5.53. The number of carbonyl (C=O) groups excluding carboxylic acids is 1. The fraction of sp³-hybridized carbons (Fsp3) is 0.231. The van der Waals surface area contributed by atoms with Crippen LogP contribution >= 0.6 is 0 Å². The lowest BCUT2D eigenvalue weighted by molar-refractivity contribution is -0.140. The third-order valence-corrected chi connectivity index (χ3v) is 2.82. The third-order valence-electron chi connectivity index (χ3n) is 2.82. The first-order valence-electron chi connectivity index (χ1n) is 5.88. The Morgan fingerprint density at radius 1 is 1.37 bits per heavy atom. The van der Waals surface area contributed by atoms with E-state index in [-0.39, 0.29) is 12.3 Å². The van der Waals surface area contributed by atoms with Crippen LogP contribution in [0.3, 0.4) is 0 Å². The lowest BCUT2D eigenvalue weighted by atomic mass is 10.1. The summed E-state index contributed by atoms with van der Waals surface area (Å²) in [4.78, 5) is 25.1. The minimum atomic E-state index is -1.01. The summed E-state index contributed by atoms with van der Waals surface area (Å²) in [5.74, 6) is -1.34. The number of aromatic nitrogens is 1. The monoisotopic (exact) mass is 261 g/mol. The molecule has 1 heterocycles. The van der Waals surface area contributed by atoms with E-state index in [4.69, 9.17) is 5.11 Å². The van der Waals surface area contributed by atoms with Crippen molar-refractivity contribution in [1.29, 1.82) is 0 Å². The maximum Gasteiger partial charge on any atom is 0.322 e. The normalized spacial score (nSPS) is 12.3. The number of hydrogen-bond acceptors (Lipinski definition) is 3. The predicted molar refractivity (Wildman–Crippen MR) is 70.4 cm³/mol. The van der Waals surface area contributed by atoms with Crippen molar-refractivity contribution in [2.75, 3.05) is 0 Å². The standard InChI is InChI=1S/C13H15N3O3/c1-8(17)15-16-12(13(18)19)6-9-7-14-11-5-3-2-4-10(9)11/h2-5,7,12,14,16H,6H2,1H3,(H,15,17)(H,18,19)/t12-/m0/s1. The van der Waals surface area contributed by atoms with Gasteiger partial charge in [-0.15, -0.1) is 0 Å². The fourth-order valence-electron chi connectivity index (χ4n) is 1.91. The second-order valence-corrected chi connectivity index (χ2v) is 4.28. The van der Waals surface area contributed by atoms with Gasteiger partial charge in [0, 0.05) is 30.4 Å². The number of hydrazine groups is 1. The zero-order valence-electron chi connectivity index (χ0n) is 10.4. The Morgan fingerprint density at radius 3 is 2.79 bits per heavy atom. The number of carboxylic acid groups (broad SMARTS) is 1. The van der Waals surface area contributed by atoms with Crippen LogP contribution in [0.25, 0.3) is 10.9 Å². The van der Waals surface area contributed by atoms with E-state index in [1.54, 1.807) is 6.20 Å². The molecule has 1 amide bonds. The van der Waals surface area contributed by atoms with E-state index in [9.17, 15) is 9.59 Å². The Balaban J connectivity index is 2.16. The highest BCUT2D eigenvalue weighted by molar-refractivity contribution is 5.84. The van der Waals surface area contributed by atoms with Gasteiger partial charge in [-0.3, -0.25) is 15.0 Å². The van der Waals surface area contributed by atoms with Gasteiger partial charge in [-0.25, -0.2) is 5.43 Å². The highest BCUT2D eigenvalue weighted by Gasteiger charge is 2.19. The van der Waals surface area contributed by atoms with Crippen LogP contribution in [-0.4, -0.2) is 28.0 Å². The van der Waals surface area contributed by atoms with Gasteiger partial charge in [-0.2, -0.15) is 0 Å². The van der Waals surface area contributed by atoms with Crippen molar-refractivity contribution < 1.29 is 14.7 Å². The molecule has 0 spiro atoms. The Labute approximate surface area is 109 Å². The van der Waals surface area contributed by atoms with Gasteiger partial charge in [0.25, 0.3) is 0 Å². The Bertz CT molecular complexity index is 606. The lowest BCUT2D eigenvalue weighted by Gasteiger charge is -2.14. The first-order valence-corrected chi connectivity index (χ1v) is 5.88. The van der Waals surface area contributed by atoms with Crippen molar-refractivity contribution >= 4 is 22.8 Å². The van der Waals surface area contributed by atoms with Gasteiger partial charge < -0.3 is 10.1 Å². The molecular formula is C13H15N3O3. The van der Waals surface area contributed by atoms with Crippen LogP contribution in [0.4, 0.5) is 0 Å². The van der Waals surface area contributed by atoms with Crippen molar-refractivity contribution in [2.24, 2.45) is 0 Å². The fourth-order valence-corrected chi connectivity index (χ4v) is 1.91. The van der Waals surface area contributed by atoms with E-state index in [0.29, 0.717) is 0 Å². The molecule has 0 radical (unpaired) electrons. The number of amides is 1. The number of aromatic amines is 1. The second-order valence-electron chi connectivity index (χ2n) is 4.28. The summed E-state index contributed by atoms with van der Waals surface area (Å²) >= 11 is 0. The number of H-pyrrole nitrogens is 1. The molecule has 4 N–H and O–H groups in total. The minimum absolute atomic E-state index is 0.277. The summed E-state index contributed by atoms with van der Waals surface area (Å²) in [6, 6.07) is 6.79. The third kappa shape index (κ3) is 3.11. The average Bonchev–Trinajstić information content (AvgIpc) is 2.77. The molecule has 1 atom stereocenters. The van der Waals surface area contributed by atoms with E-state index in [2.05, 4.69) is 15.8 Å². The molecule has 100 valence electrons. The number of aliphatic carboxylic acids is 1. The molecule has 2 rings (SSSR count). The molecule has 6 heteroatoms. The molecule has 0 saturated carbocycles. The van der Waals surface area contributed by atoms with Crippen molar-refractivity contribution in [3.05, 3.63) is 36.0 Å². The quantitative estimate of drug-likeness (QED) is 0.599. The van der Waals surface area contributed by atoms with Gasteiger partial charge >= 0.3 is 5.97 Å². The predicted octanol–water partition coefficient (Wildman–Crippen LogP) is 0.804. The SMILES string of the molecule is CC(=O)NN[C@@H](Cc1c[nH]c2ccccc12)C(=O)O. The highest BCUT2D eigenvalue weighted by atomic mass is 16.4. The van der Waals surface area contributed by atoms with Gasteiger partial charge in [0.2, 0.25) is 5.91 Å². The van der Waals surface area contributed by atoms with Gasteiger partial charge in [0.05, 0.1) is 0 Å². The molecule has 0 aliphatic rings. The Hall–Kier alpha value is -2.34. The minimum Gasteiger partial charge on any atom is -0.480 e.